The average Bonchev–Trinajstić information content (AvgIpc) is 3.00. The second kappa shape index (κ2) is 6.10. The van der Waals surface area contributed by atoms with Crippen molar-refractivity contribution in [3.05, 3.63) is 35.9 Å². The summed E-state index contributed by atoms with van der Waals surface area (Å²) in [5.74, 6) is -0.390. The van der Waals surface area contributed by atoms with E-state index in [4.69, 9.17) is 18.9 Å². The lowest BCUT2D eigenvalue weighted by Gasteiger charge is -2.47. The second-order valence-corrected chi connectivity index (χ2v) is 8.01. The number of hydrogen-bond donors (Lipinski definition) is 0. The lowest BCUT2D eigenvalue weighted by atomic mass is 9.66. The van der Waals surface area contributed by atoms with E-state index in [2.05, 4.69) is 26.0 Å². The van der Waals surface area contributed by atoms with Gasteiger partial charge in [0.25, 0.3) is 0 Å². The van der Waals surface area contributed by atoms with E-state index in [1.165, 1.54) is 5.56 Å². The summed E-state index contributed by atoms with van der Waals surface area (Å²) in [4.78, 5) is 0. The topological polar surface area (TPSA) is 40.2 Å². The maximum Gasteiger partial charge on any atom is 0.173 e. The fourth-order valence-corrected chi connectivity index (χ4v) is 4.58. The quantitative estimate of drug-likeness (QED) is 0.609. The Balaban J connectivity index is 1.26. The van der Waals surface area contributed by atoms with Gasteiger partial charge >= 0.3 is 0 Å². The molecule has 4 heteroatoms. The maximum atomic E-state index is 6.14. The monoisotopic (exact) mass is 332 g/mol. The van der Waals surface area contributed by atoms with Gasteiger partial charge in [-0.3, -0.25) is 0 Å². The van der Waals surface area contributed by atoms with Crippen LogP contribution in [0.1, 0.15) is 45.1 Å². The predicted molar refractivity (Wildman–Crippen MR) is 90.6 cm³/mol. The molecule has 2 heterocycles. The van der Waals surface area contributed by atoms with E-state index in [0.29, 0.717) is 25.9 Å². The van der Waals surface area contributed by atoms with Crippen molar-refractivity contribution in [2.45, 2.75) is 63.6 Å². The number of epoxide rings is 1. The Labute approximate surface area is 144 Å². The first kappa shape index (κ1) is 16.5. The summed E-state index contributed by atoms with van der Waals surface area (Å²) in [5.41, 5.74) is 1.24. The molecule has 2 saturated heterocycles. The van der Waals surface area contributed by atoms with Crippen molar-refractivity contribution in [2.75, 3.05) is 19.8 Å². The van der Waals surface area contributed by atoms with E-state index in [0.717, 1.165) is 32.3 Å². The zero-order valence-electron chi connectivity index (χ0n) is 14.8. The van der Waals surface area contributed by atoms with Gasteiger partial charge in [-0.25, -0.2) is 0 Å². The highest BCUT2D eigenvalue weighted by molar-refractivity contribution is 5.14. The van der Waals surface area contributed by atoms with Crippen LogP contribution in [-0.2, 0) is 25.6 Å². The van der Waals surface area contributed by atoms with Gasteiger partial charge in [0.05, 0.1) is 31.5 Å². The van der Waals surface area contributed by atoms with Gasteiger partial charge in [0.1, 0.15) is 0 Å². The Bertz CT molecular complexity index is 564. The van der Waals surface area contributed by atoms with Crippen molar-refractivity contribution < 1.29 is 18.9 Å². The maximum absolute atomic E-state index is 6.14. The predicted octanol–water partition coefficient (Wildman–Crippen LogP) is 3.68. The van der Waals surface area contributed by atoms with Crippen LogP contribution >= 0.6 is 0 Å². The standard InChI is InChI=1S/C20H28O4/c1-18(2)15-19(9-10-20(18)22-12-13-23-20)17(24-19)8-11-21-14-16-6-4-3-5-7-16/h3-7,17H,8-15H2,1-2H3. The Morgan fingerprint density at radius 3 is 2.54 bits per heavy atom. The van der Waals surface area contributed by atoms with Crippen molar-refractivity contribution in [3.63, 3.8) is 0 Å². The molecule has 1 saturated carbocycles. The first-order valence-corrected chi connectivity index (χ1v) is 9.13. The van der Waals surface area contributed by atoms with E-state index >= 15 is 0 Å². The minimum Gasteiger partial charge on any atom is -0.377 e. The van der Waals surface area contributed by atoms with Crippen LogP contribution in [0.3, 0.4) is 0 Å². The average molecular weight is 332 g/mol. The molecule has 0 N–H and O–H groups in total. The molecule has 1 aliphatic carbocycles. The first-order valence-electron chi connectivity index (χ1n) is 9.13. The highest BCUT2D eigenvalue weighted by atomic mass is 16.7. The highest BCUT2D eigenvalue weighted by Gasteiger charge is 2.66. The Morgan fingerprint density at radius 1 is 1.08 bits per heavy atom. The van der Waals surface area contributed by atoms with Crippen molar-refractivity contribution in [2.24, 2.45) is 5.41 Å². The summed E-state index contributed by atoms with van der Waals surface area (Å²) in [7, 11) is 0. The van der Waals surface area contributed by atoms with Gasteiger partial charge in [0.2, 0.25) is 0 Å². The molecule has 0 aromatic heterocycles. The summed E-state index contributed by atoms with van der Waals surface area (Å²) < 4.78 is 24.0. The van der Waals surface area contributed by atoms with Crippen LogP contribution in [0.2, 0.25) is 0 Å². The number of rotatable bonds is 5. The van der Waals surface area contributed by atoms with Crippen LogP contribution in [0.25, 0.3) is 0 Å². The Hall–Kier alpha value is -0.940. The summed E-state index contributed by atoms with van der Waals surface area (Å²) >= 11 is 0. The molecule has 132 valence electrons. The molecule has 2 unspecified atom stereocenters. The van der Waals surface area contributed by atoms with Gasteiger partial charge in [-0.15, -0.1) is 0 Å². The lowest BCUT2D eigenvalue weighted by molar-refractivity contribution is -0.253. The lowest BCUT2D eigenvalue weighted by Crippen LogP contribution is -2.52. The zero-order chi connectivity index (χ0) is 16.7. The summed E-state index contributed by atoms with van der Waals surface area (Å²) in [6, 6.07) is 10.3. The molecule has 0 radical (unpaired) electrons. The molecule has 1 aromatic carbocycles. The number of hydrogen-bond acceptors (Lipinski definition) is 4. The minimum atomic E-state index is -0.390. The fourth-order valence-electron chi connectivity index (χ4n) is 4.58. The molecule has 2 atom stereocenters. The van der Waals surface area contributed by atoms with Crippen molar-refractivity contribution in [1.82, 2.24) is 0 Å². The minimum absolute atomic E-state index is 0.0125. The smallest absolute Gasteiger partial charge is 0.173 e. The van der Waals surface area contributed by atoms with Crippen LogP contribution in [0, 0.1) is 5.41 Å². The van der Waals surface area contributed by atoms with Crippen molar-refractivity contribution in [3.8, 4) is 0 Å². The summed E-state index contributed by atoms with van der Waals surface area (Å²) in [5, 5.41) is 0. The van der Waals surface area contributed by atoms with Crippen molar-refractivity contribution >= 4 is 0 Å². The van der Waals surface area contributed by atoms with E-state index in [1.54, 1.807) is 0 Å². The van der Waals surface area contributed by atoms with Gasteiger partial charge in [-0.1, -0.05) is 44.2 Å². The van der Waals surface area contributed by atoms with Gasteiger partial charge in [-0.2, -0.15) is 0 Å². The molecule has 3 aliphatic rings. The molecule has 24 heavy (non-hydrogen) atoms. The van der Waals surface area contributed by atoms with E-state index in [9.17, 15) is 0 Å². The Kier molecular flexibility index (Phi) is 4.20. The second-order valence-electron chi connectivity index (χ2n) is 8.01. The SMILES string of the molecule is CC1(C)CC2(CCC13OCCO3)OC2CCOCc1ccccc1. The first-order chi connectivity index (χ1) is 11.6. The largest absolute Gasteiger partial charge is 0.377 e. The molecule has 0 amide bonds. The van der Waals surface area contributed by atoms with Crippen LogP contribution in [0.4, 0.5) is 0 Å². The number of benzene rings is 1. The van der Waals surface area contributed by atoms with Gasteiger partial charge < -0.3 is 18.9 Å². The molecule has 2 aliphatic heterocycles. The third kappa shape index (κ3) is 2.90. The third-order valence-corrected chi connectivity index (χ3v) is 5.95. The number of ether oxygens (including phenoxy) is 4. The normalized spacial score (nSPS) is 33.2. The summed E-state index contributed by atoms with van der Waals surface area (Å²) in [6.07, 6.45) is 4.26. The molecule has 4 nitrogen and oxygen atoms in total. The van der Waals surface area contributed by atoms with Crippen molar-refractivity contribution in [1.29, 1.82) is 0 Å². The molecular weight excluding hydrogens is 304 g/mol. The molecule has 2 spiro atoms. The molecule has 1 aromatic rings. The van der Waals surface area contributed by atoms with E-state index in [-0.39, 0.29) is 11.0 Å². The van der Waals surface area contributed by atoms with Crippen LogP contribution < -0.4 is 0 Å². The van der Waals surface area contributed by atoms with Crippen LogP contribution in [-0.4, -0.2) is 37.3 Å². The molecule has 4 rings (SSSR count). The van der Waals surface area contributed by atoms with Crippen LogP contribution in [0.5, 0.6) is 0 Å². The van der Waals surface area contributed by atoms with E-state index in [1.807, 2.05) is 18.2 Å². The van der Waals surface area contributed by atoms with Crippen LogP contribution in [0.15, 0.2) is 30.3 Å². The molecular formula is C20H28O4. The van der Waals surface area contributed by atoms with Gasteiger partial charge in [0.15, 0.2) is 5.79 Å². The third-order valence-electron chi connectivity index (χ3n) is 5.95. The zero-order valence-corrected chi connectivity index (χ0v) is 14.8. The fraction of sp³-hybridized carbons (Fsp3) is 0.700. The summed E-state index contributed by atoms with van der Waals surface area (Å²) in [6.45, 7) is 7.37. The van der Waals surface area contributed by atoms with E-state index < -0.39 is 5.79 Å². The highest BCUT2D eigenvalue weighted by Crippen LogP contribution is 2.60. The molecule has 3 fully saturated rings. The van der Waals surface area contributed by atoms with Gasteiger partial charge in [0, 0.05) is 18.4 Å². The molecule has 0 bridgehead atoms. The Morgan fingerprint density at radius 2 is 1.83 bits per heavy atom. The van der Waals surface area contributed by atoms with Gasteiger partial charge in [-0.05, 0) is 24.8 Å².